The number of anilines is 1. The fourth-order valence-electron chi connectivity index (χ4n) is 4.37. The molecule has 2 aromatic heterocycles. The van der Waals surface area contributed by atoms with E-state index in [9.17, 15) is 13.5 Å². The number of aromatic hydroxyl groups is 1. The number of thiazole rings is 1. The van der Waals surface area contributed by atoms with E-state index in [0.29, 0.717) is 42.4 Å². The maximum atomic E-state index is 13.0. The molecule has 9 nitrogen and oxygen atoms in total. The van der Waals surface area contributed by atoms with Crippen LogP contribution in [0, 0.1) is 0 Å². The predicted octanol–water partition coefficient (Wildman–Crippen LogP) is 4.97. The van der Waals surface area contributed by atoms with Crippen LogP contribution in [0.15, 0.2) is 80.3 Å². The van der Waals surface area contributed by atoms with Crippen molar-refractivity contribution in [2.24, 2.45) is 10.1 Å². The largest absolute Gasteiger partial charge is 0.507 e. The van der Waals surface area contributed by atoms with E-state index in [2.05, 4.69) is 18.7 Å². The third kappa shape index (κ3) is 6.06. The SMILES string of the molecule is CCN(CC)c1ccc(C=Nn2c(-c3cccs3)csc2=Nc2ccc(S(=O)(=O)N3CCOCC3)cc2)c(O)c1. The Morgan fingerprint density at radius 3 is 2.45 bits per heavy atom. The summed E-state index contributed by atoms with van der Waals surface area (Å²) in [7, 11) is -3.58. The summed E-state index contributed by atoms with van der Waals surface area (Å²) in [6.07, 6.45) is 1.63. The van der Waals surface area contributed by atoms with Gasteiger partial charge in [-0.05, 0) is 61.7 Å². The normalized spacial score (nSPS) is 15.2. The van der Waals surface area contributed by atoms with Crippen molar-refractivity contribution in [1.82, 2.24) is 8.98 Å². The van der Waals surface area contributed by atoms with Gasteiger partial charge in [-0.25, -0.2) is 18.1 Å². The molecular weight excluding hydrogens is 567 g/mol. The van der Waals surface area contributed by atoms with E-state index in [1.54, 1.807) is 52.6 Å². The lowest BCUT2D eigenvalue weighted by molar-refractivity contribution is 0.0730. The van der Waals surface area contributed by atoms with Crippen LogP contribution in [0.25, 0.3) is 10.6 Å². The monoisotopic (exact) mass is 597 g/mol. The first-order valence-electron chi connectivity index (χ1n) is 13.0. The minimum atomic E-state index is -3.58. The van der Waals surface area contributed by atoms with Gasteiger partial charge in [0.05, 0.1) is 40.6 Å². The molecule has 1 aliphatic heterocycles. The van der Waals surface area contributed by atoms with Crippen molar-refractivity contribution in [2.45, 2.75) is 18.7 Å². The number of hydrogen-bond acceptors (Lipinski definition) is 9. The summed E-state index contributed by atoms with van der Waals surface area (Å²) in [6.45, 7) is 7.36. The van der Waals surface area contributed by atoms with Gasteiger partial charge in [-0.15, -0.1) is 22.7 Å². The Balaban J connectivity index is 1.48. The molecule has 0 unspecified atom stereocenters. The lowest BCUT2D eigenvalue weighted by Gasteiger charge is -2.26. The highest BCUT2D eigenvalue weighted by Gasteiger charge is 2.26. The van der Waals surface area contributed by atoms with Gasteiger partial charge in [0, 0.05) is 48.9 Å². The Labute approximate surface area is 242 Å². The fraction of sp³-hybridized carbons (Fsp3) is 0.286. The molecule has 1 saturated heterocycles. The molecule has 0 aliphatic carbocycles. The summed E-state index contributed by atoms with van der Waals surface area (Å²) in [6, 6.07) is 16.1. The topological polar surface area (TPSA) is 99.7 Å². The van der Waals surface area contributed by atoms with Crippen LogP contribution < -0.4 is 9.70 Å². The summed E-state index contributed by atoms with van der Waals surface area (Å²) in [5.41, 5.74) is 3.03. The number of phenolic OH excluding ortho intramolecular Hbond substituents is 1. The fourth-order valence-corrected chi connectivity index (χ4v) is 7.43. The molecule has 0 bridgehead atoms. The van der Waals surface area contributed by atoms with Crippen LogP contribution in [-0.4, -0.2) is 68.1 Å². The second-order valence-electron chi connectivity index (χ2n) is 8.97. The van der Waals surface area contributed by atoms with Crippen molar-refractivity contribution >= 4 is 50.3 Å². The molecule has 0 atom stereocenters. The highest BCUT2D eigenvalue weighted by atomic mass is 32.2. The van der Waals surface area contributed by atoms with Crippen LogP contribution in [-0.2, 0) is 14.8 Å². The lowest BCUT2D eigenvalue weighted by Crippen LogP contribution is -2.40. The molecule has 210 valence electrons. The standard InChI is InChI=1S/C28H31N5O4S3/c1-3-31(4-2)23-10-7-21(26(34)18-23)19-29-33-25(27-6-5-17-38-27)20-39-28(33)30-22-8-11-24(12-9-22)40(35,36)32-13-15-37-16-14-32/h5-12,17-20,34H,3-4,13-16H2,1-2H3. The maximum Gasteiger partial charge on any atom is 0.243 e. The molecule has 2 aromatic carbocycles. The summed E-state index contributed by atoms with van der Waals surface area (Å²) in [5.74, 6) is 0.150. The smallest absolute Gasteiger partial charge is 0.243 e. The molecule has 1 fully saturated rings. The first-order chi connectivity index (χ1) is 19.4. The molecular formula is C28H31N5O4S3. The molecule has 12 heteroatoms. The Kier molecular flexibility index (Phi) is 8.81. The van der Waals surface area contributed by atoms with Crippen LogP contribution in [0.2, 0.25) is 0 Å². The molecule has 0 radical (unpaired) electrons. The number of morpholine rings is 1. The van der Waals surface area contributed by atoms with E-state index in [1.165, 1.54) is 15.6 Å². The van der Waals surface area contributed by atoms with Gasteiger partial charge in [0.2, 0.25) is 14.8 Å². The second-order valence-corrected chi connectivity index (χ2v) is 12.7. The zero-order valence-corrected chi connectivity index (χ0v) is 24.8. The Bertz CT molecular complexity index is 1630. The molecule has 0 amide bonds. The van der Waals surface area contributed by atoms with E-state index in [-0.39, 0.29) is 10.6 Å². The zero-order chi connectivity index (χ0) is 28.1. The summed E-state index contributed by atoms with van der Waals surface area (Å²) < 4.78 is 34.4. The maximum absolute atomic E-state index is 13.0. The molecule has 4 aromatic rings. The summed E-state index contributed by atoms with van der Waals surface area (Å²) in [5, 5.41) is 19.4. The number of rotatable bonds is 9. The van der Waals surface area contributed by atoms with Gasteiger partial charge in [0.1, 0.15) is 5.75 Å². The van der Waals surface area contributed by atoms with Crippen molar-refractivity contribution in [3.8, 4) is 16.3 Å². The molecule has 40 heavy (non-hydrogen) atoms. The van der Waals surface area contributed by atoms with Crippen molar-refractivity contribution < 1.29 is 18.3 Å². The Morgan fingerprint density at radius 1 is 1.05 bits per heavy atom. The first-order valence-corrected chi connectivity index (χ1v) is 16.2. The lowest BCUT2D eigenvalue weighted by atomic mass is 10.2. The van der Waals surface area contributed by atoms with E-state index in [0.717, 1.165) is 29.3 Å². The van der Waals surface area contributed by atoms with Crippen LogP contribution in [0.5, 0.6) is 5.75 Å². The quantitative estimate of drug-likeness (QED) is 0.275. The zero-order valence-electron chi connectivity index (χ0n) is 22.3. The second kappa shape index (κ2) is 12.5. The molecule has 1 aliphatic rings. The van der Waals surface area contributed by atoms with Crippen molar-refractivity contribution in [3.05, 3.63) is 75.7 Å². The molecule has 1 N–H and O–H groups in total. The summed E-state index contributed by atoms with van der Waals surface area (Å²) >= 11 is 3.03. The number of thiophene rings is 1. The minimum absolute atomic E-state index is 0.150. The van der Waals surface area contributed by atoms with Crippen molar-refractivity contribution in [2.75, 3.05) is 44.3 Å². The number of sulfonamides is 1. The van der Waals surface area contributed by atoms with Gasteiger partial charge in [-0.2, -0.15) is 9.41 Å². The number of phenols is 1. The number of ether oxygens (including phenoxy) is 1. The molecule has 0 spiro atoms. The van der Waals surface area contributed by atoms with E-state index >= 15 is 0 Å². The van der Waals surface area contributed by atoms with E-state index in [4.69, 9.17) is 14.8 Å². The predicted molar refractivity (Wildman–Crippen MR) is 162 cm³/mol. The van der Waals surface area contributed by atoms with Gasteiger partial charge < -0.3 is 14.7 Å². The highest BCUT2D eigenvalue weighted by Crippen LogP contribution is 2.27. The van der Waals surface area contributed by atoms with E-state index in [1.807, 2.05) is 35.0 Å². The van der Waals surface area contributed by atoms with Crippen LogP contribution in [0.3, 0.4) is 0 Å². The number of hydrogen-bond donors (Lipinski definition) is 1. The van der Waals surface area contributed by atoms with E-state index < -0.39 is 10.0 Å². The average Bonchev–Trinajstić information content (AvgIpc) is 3.64. The van der Waals surface area contributed by atoms with Gasteiger partial charge >= 0.3 is 0 Å². The van der Waals surface area contributed by atoms with Gasteiger partial charge in [-0.1, -0.05) is 6.07 Å². The summed E-state index contributed by atoms with van der Waals surface area (Å²) in [4.78, 5) is 8.81. The highest BCUT2D eigenvalue weighted by molar-refractivity contribution is 7.89. The van der Waals surface area contributed by atoms with Crippen molar-refractivity contribution in [3.63, 3.8) is 0 Å². The third-order valence-corrected chi connectivity index (χ3v) is 10.2. The number of benzene rings is 2. The molecule has 0 saturated carbocycles. The third-order valence-electron chi connectivity index (χ3n) is 6.58. The number of nitrogens with zero attached hydrogens (tertiary/aromatic N) is 5. The van der Waals surface area contributed by atoms with Gasteiger partial charge in [0.15, 0.2) is 0 Å². The van der Waals surface area contributed by atoms with Crippen LogP contribution in [0.4, 0.5) is 11.4 Å². The number of aromatic nitrogens is 1. The average molecular weight is 598 g/mol. The van der Waals surface area contributed by atoms with Crippen molar-refractivity contribution in [1.29, 1.82) is 0 Å². The minimum Gasteiger partial charge on any atom is -0.507 e. The van der Waals surface area contributed by atoms with Gasteiger partial charge in [-0.3, -0.25) is 0 Å². The Morgan fingerprint density at radius 2 is 1.80 bits per heavy atom. The van der Waals surface area contributed by atoms with Gasteiger partial charge in [0.25, 0.3) is 0 Å². The van der Waals surface area contributed by atoms with Crippen LogP contribution in [0.1, 0.15) is 19.4 Å². The molecule has 3 heterocycles. The molecule has 5 rings (SSSR count). The first kappa shape index (κ1) is 28.2. The van der Waals surface area contributed by atoms with Crippen LogP contribution >= 0.6 is 22.7 Å². The Hall–Kier alpha value is -3.29.